The molecule has 0 bridgehead atoms. The molecule has 2 N–H and O–H groups in total. The Morgan fingerprint density at radius 2 is 2.22 bits per heavy atom. The lowest BCUT2D eigenvalue weighted by atomic mass is 9.84. The summed E-state index contributed by atoms with van der Waals surface area (Å²) >= 11 is 3.44. The molecule has 3 heteroatoms. The number of benzene rings is 1. The van der Waals surface area contributed by atoms with E-state index in [2.05, 4.69) is 28.2 Å². The molecule has 0 aliphatic heterocycles. The molecular weight excluding hydrogens is 290 g/mol. The van der Waals surface area contributed by atoms with Gasteiger partial charge in [-0.2, -0.15) is 0 Å². The van der Waals surface area contributed by atoms with Crippen molar-refractivity contribution in [2.75, 3.05) is 0 Å². The first kappa shape index (κ1) is 13.9. The van der Waals surface area contributed by atoms with Crippen LogP contribution in [-0.4, -0.2) is 11.1 Å². The van der Waals surface area contributed by atoms with Gasteiger partial charge in [0.05, 0.1) is 0 Å². The topological polar surface area (TPSA) is 32.3 Å². The highest BCUT2D eigenvalue weighted by molar-refractivity contribution is 9.10. The molecule has 1 saturated carbocycles. The highest BCUT2D eigenvalue weighted by Crippen LogP contribution is 2.27. The average molecular weight is 312 g/mol. The maximum absolute atomic E-state index is 9.80. The van der Waals surface area contributed by atoms with Crippen LogP contribution >= 0.6 is 15.9 Å². The Kier molecular flexibility index (Phi) is 5.07. The Labute approximate surface area is 118 Å². The van der Waals surface area contributed by atoms with Crippen molar-refractivity contribution in [3.8, 4) is 5.75 Å². The molecule has 0 heterocycles. The smallest absolute Gasteiger partial charge is 0.120 e. The van der Waals surface area contributed by atoms with Gasteiger partial charge in [-0.1, -0.05) is 42.1 Å². The van der Waals surface area contributed by atoms with Gasteiger partial charge in [0.15, 0.2) is 0 Å². The molecule has 1 aliphatic rings. The summed E-state index contributed by atoms with van der Waals surface area (Å²) in [6.45, 7) is 3.04. The predicted octanol–water partition coefficient (Wildman–Crippen LogP) is 4.21. The molecular formula is C15H22BrNO. The molecule has 1 aliphatic carbocycles. The van der Waals surface area contributed by atoms with E-state index in [9.17, 15) is 5.11 Å². The van der Waals surface area contributed by atoms with Crippen LogP contribution in [0, 0.1) is 5.92 Å². The molecule has 0 spiro atoms. The molecule has 1 aromatic carbocycles. The van der Waals surface area contributed by atoms with Crippen molar-refractivity contribution < 1.29 is 5.11 Å². The van der Waals surface area contributed by atoms with Gasteiger partial charge in [-0.25, -0.2) is 0 Å². The van der Waals surface area contributed by atoms with Crippen molar-refractivity contribution in [1.29, 1.82) is 0 Å². The predicted molar refractivity (Wildman–Crippen MR) is 78.7 cm³/mol. The third kappa shape index (κ3) is 3.72. The van der Waals surface area contributed by atoms with E-state index in [-0.39, 0.29) is 0 Å². The second-order valence-electron chi connectivity index (χ2n) is 5.29. The second-order valence-corrected chi connectivity index (χ2v) is 6.21. The molecule has 1 aromatic rings. The lowest BCUT2D eigenvalue weighted by Gasteiger charge is -2.29. The summed E-state index contributed by atoms with van der Waals surface area (Å²) in [7, 11) is 0. The van der Waals surface area contributed by atoms with Crippen LogP contribution in [0.1, 0.15) is 44.6 Å². The van der Waals surface area contributed by atoms with Gasteiger partial charge in [0, 0.05) is 22.6 Å². The standard InChI is InChI=1S/C15H22BrNO/c1-2-11-4-3-5-14(8-11)17-10-12-9-13(16)6-7-15(12)18/h6-7,9,11,14,17-18H,2-5,8,10H2,1H3. The summed E-state index contributed by atoms with van der Waals surface area (Å²) in [6, 6.07) is 6.22. The van der Waals surface area contributed by atoms with E-state index in [1.165, 1.54) is 32.1 Å². The summed E-state index contributed by atoms with van der Waals surface area (Å²) in [4.78, 5) is 0. The Bertz CT molecular complexity index is 394. The first-order chi connectivity index (χ1) is 8.69. The van der Waals surface area contributed by atoms with Crippen LogP contribution in [0.3, 0.4) is 0 Å². The summed E-state index contributed by atoms with van der Waals surface area (Å²) < 4.78 is 1.02. The normalized spacial score (nSPS) is 24.1. The van der Waals surface area contributed by atoms with E-state index in [1.54, 1.807) is 6.07 Å². The van der Waals surface area contributed by atoms with Crippen molar-refractivity contribution in [1.82, 2.24) is 5.32 Å². The van der Waals surface area contributed by atoms with Crippen molar-refractivity contribution in [2.45, 2.75) is 51.6 Å². The lowest BCUT2D eigenvalue weighted by Crippen LogP contribution is -2.33. The number of hydrogen-bond acceptors (Lipinski definition) is 2. The van der Waals surface area contributed by atoms with Crippen LogP contribution in [0.15, 0.2) is 22.7 Å². The number of nitrogens with one attached hydrogen (secondary N) is 1. The summed E-state index contributed by atoms with van der Waals surface area (Å²) in [6.07, 6.45) is 6.56. The van der Waals surface area contributed by atoms with Crippen LogP contribution in [-0.2, 0) is 6.54 Å². The summed E-state index contributed by atoms with van der Waals surface area (Å²) in [5.41, 5.74) is 0.975. The fourth-order valence-electron chi connectivity index (χ4n) is 2.80. The molecule has 18 heavy (non-hydrogen) atoms. The zero-order chi connectivity index (χ0) is 13.0. The van der Waals surface area contributed by atoms with Crippen LogP contribution in [0.5, 0.6) is 5.75 Å². The highest BCUT2D eigenvalue weighted by Gasteiger charge is 2.20. The third-order valence-electron chi connectivity index (χ3n) is 3.98. The van der Waals surface area contributed by atoms with Crippen LogP contribution in [0.4, 0.5) is 0 Å². The van der Waals surface area contributed by atoms with Crippen molar-refractivity contribution in [3.63, 3.8) is 0 Å². The summed E-state index contributed by atoms with van der Waals surface area (Å²) in [5, 5.41) is 13.4. The molecule has 0 saturated heterocycles. The van der Waals surface area contributed by atoms with E-state index >= 15 is 0 Å². The zero-order valence-electron chi connectivity index (χ0n) is 11.0. The number of rotatable bonds is 4. The van der Waals surface area contributed by atoms with E-state index < -0.39 is 0 Å². The van der Waals surface area contributed by atoms with Gasteiger partial charge in [0.25, 0.3) is 0 Å². The van der Waals surface area contributed by atoms with Gasteiger partial charge < -0.3 is 10.4 Å². The lowest BCUT2D eigenvalue weighted by molar-refractivity contribution is 0.277. The van der Waals surface area contributed by atoms with Crippen molar-refractivity contribution in [2.24, 2.45) is 5.92 Å². The summed E-state index contributed by atoms with van der Waals surface area (Å²) in [5.74, 6) is 1.26. The molecule has 100 valence electrons. The fraction of sp³-hybridized carbons (Fsp3) is 0.600. The number of hydrogen-bond donors (Lipinski definition) is 2. The maximum atomic E-state index is 9.80. The SMILES string of the molecule is CCC1CCCC(NCc2cc(Br)ccc2O)C1. The second kappa shape index (κ2) is 6.58. The van der Waals surface area contributed by atoms with Gasteiger partial charge in [-0.05, 0) is 37.0 Å². The van der Waals surface area contributed by atoms with E-state index in [4.69, 9.17) is 0 Å². The minimum atomic E-state index is 0.383. The Morgan fingerprint density at radius 3 is 3.00 bits per heavy atom. The van der Waals surface area contributed by atoms with Crippen molar-refractivity contribution in [3.05, 3.63) is 28.2 Å². The van der Waals surface area contributed by atoms with Crippen LogP contribution in [0.25, 0.3) is 0 Å². The Balaban J connectivity index is 1.89. The number of phenols is 1. The van der Waals surface area contributed by atoms with Gasteiger partial charge >= 0.3 is 0 Å². The Morgan fingerprint density at radius 1 is 1.39 bits per heavy atom. The van der Waals surface area contributed by atoms with E-state index in [1.807, 2.05) is 12.1 Å². The van der Waals surface area contributed by atoms with Crippen LogP contribution in [0.2, 0.25) is 0 Å². The zero-order valence-corrected chi connectivity index (χ0v) is 12.5. The quantitative estimate of drug-likeness (QED) is 0.873. The number of aromatic hydroxyl groups is 1. The van der Waals surface area contributed by atoms with Gasteiger partial charge in [0.2, 0.25) is 0 Å². The molecule has 0 amide bonds. The van der Waals surface area contributed by atoms with Gasteiger partial charge in [-0.3, -0.25) is 0 Å². The van der Waals surface area contributed by atoms with Crippen molar-refractivity contribution >= 4 is 15.9 Å². The van der Waals surface area contributed by atoms with Crippen LogP contribution < -0.4 is 5.32 Å². The van der Waals surface area contributed by atoms with E-state index in [0.717, 1.165) is 22.5 Å². The molecule has 2 nitrogen and oxygen atoms in total. The molecule has 2 rings (SSSR count). The first-order valence-corrected chi connectivity index (χ1v) is 7.69. The first-order valence-electron chi connectivity index (χ1n) is 6.89. The highest BCUT2D eigenvalue weighted by atomic mass is 79.9. The molecule has 2 unspecified atom stereocenters. The largest absolute Gasteiger partial charge is 0.508 e. The van der Waals surface area contributed by atoms with Gasteiger partial charge in [0.1, 0.15) is 5.75 Å². The minimum Gasteiger partial charge on any atom is -0.508 e. The molecule has 1 fully saturated rings. The van der Waals surface area contributed by atoms with E-state index in [0.29, 0.717) is 11.8 Å². The van der Waals surface area contributed by atoms with Gasteiger partial charge in [-0.15, -0.1) is 0 Å². The maximum Gasteiger partial charge on any atom is 0.120 e. The number of phenolic OH excluding ortho intramolecular Hbond substituents is 1. The minimum absolute atomic E-state index is 0.383. The third-order valence-corrected chi connectivity index (χ3v) is 4.48. The molecule has 2 atom stereocenters. The number of halogens is 1. The monoisotopic (exact) mass is 311 g/mol. The Hall–Kier alpha value is -0.540. The average Bonchev–Trinajstić information content (AvgIpc) is 2.40. The molecule has 0 aromatic heterocycles. The molecule has 0 radical (unpaired) electrons. The fourth-order valence-corrected chi connectivity index (χ4v) is 3.21.